The van der Waals surface area contributed by atoms with Crippen LogP contribution in [0.2, 0.25) is 5.02 Å². The average Bonchev–Trinajstić information content (AvgIpc) is 2.79. The predicted molar refractivity (Wildman–Crippen MR) is 118 cm³/mol. The Balaban J connectivity index is 1.55. The third-order valence-electron chi connectivity index (χ3n) is 4.48. The molecule has 4 aromatic rings. The van der Waals surface area contributed by atoms with Crippen LogP contribution < -0.4 is 21.3 Å². The summed E-state index contributed by atoms with van der Waals surface area (Å²) in [5, 5.41) is 2.32. The van der Waals surface area contributed by atoms with Gasteiger partial charge < -0.3 is 15.8 Å². The number of rotatable bonds is 5. The van der Waals surface area contributed by atoms with E-state index in [-0.39, 0.29) is 33.7 Å². The Kier molecular flexibility index (Phi) is 6.01. The summed E-state index contributed by atoms with van der Waals surface area (Å²) < 4.78 is 34.3. The van der Waals surface area contributed by atoms with Crippen molar-refractivity contribution < 1.29 is 18.3 Å². The van der Waals surface area contributed by atoms with Crippen molar-refractivity contribution in [1.82, 2.24) is 14.5 Å². The highest BCUT2D eigenvalue weighted by molar-refractivity contribution is 6.34. The van der Waals surface area contributed by atoms with E-state index >= 15 is 0 Å². The van der Waals surface area contributed by atoms with Crippen LogP contribution >= 0.6 is 11.6 Å². The first-order valence-corrected chi connectivity index (χ1v) is 9.73. The fraction of sp³-hybridized carbons (Fsp3) is 0. The van der Waals surface area contributed by atoms with Gasteiger partial charge in [-0.3, -0.25) is 14.2 Å². The summed E-state index contributed by atoms with van der Waals surface area (Å²) in [7, 11) is 0. The number of anilines is 2. The second-order valence-electron chi connectivity index (χ2n) is 6.65. The fourth-order valence-electron chi connectivity index (χ4n) is 2.87. The van der Waals surface area contributed by atoms with Gasteiger partial charge in [0, 0.05) is 18.0 Å². The Bertz CT molecular complexity index is 1410. The molecule has 0 saturated carbocycles. The molecule has 8 nitrogen and oxygen atoms in total. The van der Waals surface area contributed by atoms with Crippen molar-refractivity contribution in [3.05, 3.63) is 99.7 Å². The van der Waals surface area contributed by atoms with Crippen LogP contribution in [0, 0.1) is 11.6 Å². The number of amides is 1. The third kappa shape index (κ3) is 4.65. The molecule has 0 atom stereocenters. The van der Waals surface area contributed by atoms with E-state index in [0.717, 1.165) is 12.4 Å². The zero-order valence-corrected chi connectivity index (χ0v) is 17.4. The van der Waals surface area contributed by atoms with E-state index in [4.69, 9.17) is 22.1 Å². The van der Waals surface area contributed by atoms with Crippen molar-refractivity contribution in [2.75, 3.05) is 11.1 Å². The van der Waals surface area contributed by atoms with Gasteiger partial charge in [-0.25, -0.2) is 13.8 Å². The molecule has 2 aromatic heterocycles. The SMILES string of the molecule is Nc1ncnc(Oc2ccc(NC(=O)c3cccn(-c4ccc(F)cc4)c3=O)c(F)c2)c1Cl. The van der Waals surface area contributed by atoms with Crippen molar-refractivity contribution in [3.63, 3.8) is 0 Å². The molecule has 33 heavy (non-hydrogen) atoms. The van der Waals surface area contributed by atoms with Crippen LogP contribution in [0.3, 0.4) is 0 Å². The molecular formula is C22H14ClF2N5O3. The summed E-state index contributed by atoms with van der Waals surface area (Å²) in [4.78, 5) is 32.9. The molecule has 0 radical (unpaired) electrons. The topological polar surface area (TPSA) is 112 Å². The van der Waals surface area contributed by atoms with Gasteiger partial charge in [0.25, 0.3) is 11.5 Å². The van der Waals surface area contributed by atoms with Crippen molar-refractivity contribution in [2.24, 2.45) is 0 Å². The van der Waals surface area contributed by atoms with Crippen molar-refractivity contribution >= 4 is 29.0 Å². The van der Waals surface area contributed by atoms with E-state index in [0.29, 0.717) is 5.69 Å². The summed E-state index contributed by atoms with van der Waals surface area (Å²) in [5.41, 5.74) is 4.88. The highest BCUT2D eigenvalue weighted by atomic mass is 35.5. The molecule has 0 fully saturated rings. The number of nitrogen functional groups attached to an aromatic ring is 1. The monoisotopic (exact) mass is 469 g/mol. The van der Waals surface area contributed by atoms with Crippen LogP contribution in [-0.2, 0) is 0 Å². The third-order valence-corrected chi connectivity index (χ3v) is 4.84. The molecule has 2 aromatic carbocycles. The molecule has 1 amide bonds. The molecule has 0 spiro atoms. The van der Waals surface area contributed by atoms with E-state index < -0.39 is 23.1 Å². The van der Waals surface area contributed by atoms with E-state index in [1.165, 1.54) is 59.3 Å². The zero-order valence-electron chi connectivity index (χ0n) is 16.6. The number of hydrogen-bond acceptors (Lipinski definition) is 6. The maximum Gasteiger partial charge on any atom is 0.267 e. The lowest BCUT2D eigenvalue weighted by atomic mass is 10.2. The summed E-state index contributed by atoms with van der Waals surface area (Å²) >= 11 is 5.95. The summed E-state index contributed by atoms with van der Waals surface area (Å²) in [6.45, 7) is 0. The van der Waals surface area contributed by atoms with Crippen molar-refractivity contribution in [3.8, 4) is 17.3 Å². The lowest BCUT2D eigenvalue weighted by molar-refractivity contribution is 0.102. The maximum atomic E-state index is 14.6. The molecule has 3 N–H and O–H groups in total. The van der Waals surface area contributed by atoms with Gasteiger partial charge >= 0.3 is 0 Å². The van der Waals surface area contributed by atoms with E-state index in [1.54, 1.807) is 0 Å². The molecule has 0 aliphatic carbocycles. The van der Waals surface area contributed by atoms with Crippen LogP contribution in [0.5, 0.6) is 11.6 Å². The number of nitrogens with zero attached hydrogens (tertiary/aromatic N) is 3. The Morgan fingerprint density at radius 3 is 2.58 bits per heavy atom. The first-order valence-electron chi connectivity index (χ1n) is 9.36. The van der Waals surface area contributed by atoms with Crippen LogP contribution in [0.25, 0.3) is 5.69 Å². The molecule has 0 bridgehead atoms. The van der Waals surface area contributed by atoms with Gasteiger partial charge in [0.05, 0.1) is 5.69 Å². The van der Waals surface area contributed by atoms with Gasteiger partial charge in [-0.15, -0.1) is 0 Å². The summed E-state index contributed by atoms with van der Waals surface area (Å²) in [5.74, 6) is -2.13. The zero-order chi connectivity index (χ0) is 23.5. The highest BCUT2D eigenvalue weighted by Crippen LogP contribution is 2.31. The number of nitrogens with two attached hydrogens (primary N) is 1. The Labute approximate surface area is 190 Å². The number of carbonyl (C=O) groups excluding carboxylic acids is 1. The molecule has 166 valence electrons. The van der Waals surface area contributed by atoms with Gasteiger partial charge in [0.15, 0.2) is 0 Å². The predicted octanol–water partition coefficient (Wildman–Crippen LogP) is 4.19. The van der Waals surface area contributed by atoms with Crippen LogP contribution in [-0.4, -0.2) is 20.4 Å². The normalized spacial score (nSPS) is 10.6. The van der Waals surface area contributed by atoms with Crippen LogP contribution in [0.15, 0.2) is 71.9 Å². The molecule has 0 aliphatic heterocycles. The van der Waals surface area contributed by atoms with Crippen LogP contribution in [0.1, 0.15) is 10.4 Å². The van der Waals surface area contributed by atoms with E-state index in [1.807, 2.05) is 0 Å². The smallest absolute Gasteiger partial charge is 0.267 e. The number of ether oxygens (including phenoxy) is 1. The Morgan fingerprint density at radius 2 is 1.85 bits per heavy atom. The molecule has 0 unspecified atom stereocenters. The lowest BCUT2D eigenvalue weighted by Crippen LogP contribution is -2.28. The molecular weight excluding hydrogens is 456 g/mol. The quantitative estimate of drug-likeness (QED) is 0.453. The number of halogens is 3. The minimum Gasteiger partial charge on any atom is -0.437 e. The fourth-order valence-corrected chi connectivity index (χ4v) is 3.01. The number of carbonyl (C=O) groups is 1. The molecule has 0 aliphatic rings. The second-order valence-corrected chi connectivity index (χ2v) is 7.03. The maximum absolute atomic E-state index is 14.6. The Morgan fingerprint density at radius 1 is 1.09 bits per heavy atom. The average molecular weight is 470 g/mol. The van der Waals surface area contributed by atoms with Crippen molar-refractivity contribution in [2.45, 2.75) is 0 Å². The van der Waals surface area contributed by atoms with Gasteiger partial charge in [-0.1, -0.05) is 11.6 Å². The summed E-state index contributed by atoms with van der Waals surface area (Å²) in [6.07, 6.45) is 2.57. The minimum absolute atomic E-state index is 0.000164. The molecule has 4 rings (SSSR count). The van der Waals surface area contributed by atoms with Gasteiger partial charge in [0.1, 0.15) is 40.1 Å². The minimum atomic E-state index is -0.825. The lowest BCUT2D eigenvalue weighted by Gasteiger charge is -2.11. The largest absolute Gasteiger partial charge is 0.437 e. The van der Waals surface area contributed by atoms with Crippen LogP contribution in [0.4, 0.5) is 20.3 Å². The van der Waals surface area contributed by atoms with E-state index in [9.17, 15) is 18.4 Å². The Hall–Kier alpha value is -4.31. The number of pyridine rings is 1. The highest BCUT2D eigenvalue weighted by Gasteiger charge is 2.16. The van der Waals surface area contributed by atoms with E-state index in [2.05, 4.69) is 15.3 Å². The molecule has 0 saturated heterocycles. The van der Waals surface area contributed by atoms with Gasteiger partial charge in [-0.05, 0) is 48.5 Å². The molecule has 2 heterocycles. The second kappa shape index (κ2) is 9.05. The van der Waals surface area contributed by atoms with Gasteiger partial charge in [-0.2, -0.15) is 4.98 Å². The number of aromatic nitrogens is 3. The summed E-state index contributed by atoms with van der Waals surface area (Å²) in [6, 6.07) is 11.6. The van der Waals surface area contributed by atoms with Gasteiger partial charge in [0.2, 0.25) is 5.88 Å². The first-order chi connectivity index (χ1) is 15.8. The molecule has 11 heteroatoms. The number of benzene rings is 2. The number of hydrogen-bond donors (Lipinski definition) is 2. The first kappa shape index (κ1) is 21.9. The number of nitrogens with one attached hydrogen (secondary N) is 1. The van der Waals surface area contributed by atoms with Crippen molar-refractivity contribution in [1.29, 1.82) is 0 Å². The standard InChI is InChI=1S/C22H14ClF2N5O3/c23-18-19(26)27-11-28-21(18)33-14-7-8-17(16(25)10-14)29-20(31)15-2-1-9-30(22(15)32)13-5-3-12(24)4-6-13/h1-11H,(H,29,31)(H2,26,27,28).